The molecule has 4 rings (SSSR count). The first-order chi connectivity index (χ1) is 13.8. The molecule has 0 saturated heterocycles. The van der Waals surface area contributed by atoms with Crippen LogP contribution < -0.4 is 9.62 Å². The van der Waals surface area contributed by atoms with Crippen molar-refractivity contribution in [2.45, 2.75) is 25.2 Å². The lowest BCUT2D eigenvalue weighted by molar-refractivity contribution is 0.0989. The summed E-state index contributed by atoms with van der Waals surface area (Å²) in [7, 11) is -3.73. The number of benzene rings is 3. The molecule has 148 valence electrons. The van der Waals surface area contributed by atoms with Gasteiger partial charge in [0.15, 0.2) is 0 Å². The van der Waals surface area contributed by atoms with Gasteiger partial charge in [0.2, 0.25) is 0 Å². The predicted molar refractivity (Wildman–Crippen MR) is 115 cm³/mol. The van der Waals surface area contributed by atoms with Gasteiger partial charge in [-0.2, -0.15) is 0 Å². The molecule has 6 heteroatoms. The lowest BCUT2D eigenvalue weighted by atomic mass is 10.1. The number of sulfonamides is 1. The molecule has 0 saturated carbocycles. The molecule has 3 aromatic rings. The van der Waals surface area contributed by atoms with E-state index in [1.807, 2.05) is 44.2 Å². The minimum absolute atomic E-state index is 0.120. The quantitative estimate of drug-likeness (QED) is 0.702. The summed E-state index contributed by atoms with van der Waals surface area (Å²) < 4.78 is 28.0. The molecular formula is C23H22N2O3S. The van der Waals surface area contributed by atoms with E-state index in [1.54, 1.807) is 29.2 Å². The van der Waals surface area contributed by atoms with Gasteiger partial charge in [-0.15, -0.1) is 0 Å². The fraction of sp³-hybridized carbons (Fsp3) is 0.174. The van der Waals surface area contributed by atoms with Crippen molar-refractivity contribution in [1.82, 2.24) is 0 Å². The number of carbonyl (C=O) groups excluding carboxylic acids is 1. The van der Waals surface area contributed by atoms with E-state index in [1.165, 1.54) is 12.1 Å². The Kier molecular flexibility index (Phi) is 4.88. The van der Waals surface area contributed by atoms with Crippen molar-refractivity contribution in [2.75, 3.05) is 16.2 Å². The van der Waals surface area contributed by atoms with Crippen LogP contribution in [0.25, 0.3) is 0 Å². The van der Waals surface area contributed by atoms with Crippen molar-refractivity contribution in [2.24, 2.45) is 0 Å². The fourth-order valence-electron chi connectivity index (χ4n) is 3.50. The summed E-state index contributed by atoms with van der Waals surface area (Å²) in [5, 5.41) is 0. The molecule has 0 spiro atoms. The number of nitrogens with zero attached hydrogens (tertiary/aromatic N) is 1. The maximum Gasteiger partial charge on any atom is 0.261 e. The van der Waals surface area contributed by atoms with Gasteiger partial charge in [0, 0.05) is 23.5 Å². The molecule has 0 aromatic heterocycles. The predicted octanol–water partition coefficient (Wildman–Crippen LogP) is 4.31. The molecule has 1 aliphatic heterocycles. The van der Waals surface area contributed by atoms with Crippen molar-refractivity contribution >= 4 is 27.3 Å². The fourth-order valence-corrected chi connectivity index (χ4v) is 4.55. The first-order valence-corrected chi connectivity index (χ1v) is 10.9. The van der Waals surface area contributed by atoms with Gasteiger partial charge in [-0.05, 0) is 79.4 Å². The molecule has 29 heavy (non-hydrogen) atoms. The zero-order chi connectivity index (χ0) is 20.6. The smallest absolute Gasteiger partial charge is 0.261 e. The van der Waals surface area contributed by atoms with Crippen LogP contribution in [0.15, 0.2) is 71.6 Å². The van der Waals surface area contributed by atoms with Crippen LogP contribution >= 0.6 is 0 Å². The SMILES string of the molecule is Cc1ccc(NS(=O)(=O)c2ccc(C(=O)N3CCc4ccccc43)cc2)cc1C. The number of carbonyl (C=O) groups is 1. The Bertz CT molecular complexity index is 1180. The van der Waals surface area contributed by atoms with Crippen molar-refractivity contribution in [1.29, 1.82) is 0 Å². The number of hydrogen-bond acceptors (Lipinski definition) is 3. The maximum absolute atomic E-state index is 12.9. The second-order valence-corrected chi connectivity index (χ2v) is 8.95. The van der Waals surface area contributed by atoms with Crippen molar-refractivity contribution in [3.05, 3.63) is 89.0 Å². The zero-order valence-corrected chi connectivity index (χ0v) is 17.2. The first kappa shape index (κ1) is 19.2. The average Bonchev–Trinajstić information content (AvgIpc) is 3.14. The molecule has 0 radical (unpaired) electrons. The van der Waals surface area contributed by atoms with Crippen LogP contribution in [0.4, 0.5) is 11.4 Å². The highest BCUT2D eigenvalue weighted by atomic mass is 32.2. The number of hydrogen-bond donors (Lipinski definition) is 1. The van der Waals surface area contributed by atoms with Crippen molar-refractivity contribution in [3.63, 3.8) is 0 Å². The van der Waals surface area contributed by atoms with Crippen LogP contribution in [0, 0.1) is 13.8 Å². The number of anilines is 2. The third-order valence-electron chi connectivity index (χ3n) is 5.30. The molecule has 5 nitrogen and oxygen atoms in total. The van der Waals surface area contributed by atoms with E-state index in [2.05, 4.69) is 4.72 Å². The molecule has 0 atom stereocenters. The van der Waals surface area contributed by atoms with Gasteiger partial charge < -0.3 is 4.90 Å². The van der Waals surface area contributed by atoms with Crippen LogP contribution in [0.3, 0.4) is 0 Å². The summed E-state index contributed by atoms with van der Waals surface area (Å²) in [6.45, 7) is 4.54. The highest BCUT2D eigenvalue weighted by Crippen LogP contribution is 2.29. The summed E-state index contributed by atoms with van der Waals surface area (Å²) in [5.41, 5.74) is 5.16. The van der Waals surface area contributed by atoms with Gasteiger partial charge in [-0.3, -0.25) is 9.52 Å². The van der Waals surface area contributed by atoms with Gasteiger partial charge >= 0.3 is 0 Å². The van der Waals surface area contributed by atoms with Crippen molar-refractivity contribution < 1.29 is 13.2 Å². The number of para-hydroxylation sites is 1. The van der Waals surface area contributed by atoms with E-state index in [0.717, 1.165) is 28.8 Å². The van der Waals surface area contributed by atoms with E-state index in [9.17, 15) is 13.2 Å². The number of rotatable bonds is 4. The second kappa shape index (κ2) is 7.37. The summed E-state index contributed by atoms with van der Waals surface area (Å²) >= 11 is 0. The molecule has 0 fully saturated rings. The molecule has 0 unspecified atom stereocenters. The van der Waals surface area contributed by atoms with E-state index >= 15 is 0 Å². The minimum atomic E-state index is -3.73. The van der Waals surface area contributed by atoms with Gasteiger partial charge in [0.05, 0.1) is 4.90 Å². The average molecular weight is 407 g/mol. The summed E-state index contributed by atoms with van der Waals surface area (Å²) in [6, 6.07) is 19.3. The highest BCUT2D eigenvalue weighted by Gasteiger charge is 2.25. The third kappa shape index (κ3) is 3.76. The monoisotopic (exact) mass is 406 g/mol. The standard InChI is InChI=1S/C23H22N2O3S/c1-16-7-10-20(15-17(16)2)24-29(27,28)21-11-8-19(9-12-21)23(26)25-14-13-18-5-3-4-6-22(18)25/h3-12,15,24H,13-14H2,1-2H3. The molecule has 1 N–H and O–H groups in total. The maximum atomic E-state index is 12.9. The summed E-state index contributed by atoms with van der Waals surface area (Å²) in [6.07, 6.45) is 0.828. The first-order valence-electron chi connectivity index (χ1n) is 9.45. The summed E-state index contributed by atoms with van der Waals surface area (Å²) in [5.74, 6) is -0.124. The van der Waals surface area contributed by atoms with Crippen LogP contribution in [0.1, 0.15) is 27.0 Å². The Hall–Kier alpha value is -3.12. The Morgan fingerprint density at radius 3 is 2.38 bits per heavy atom. The Labute approximate surface area is 171 Å². The highest BCUT2D eigenvalue weighted by molar-refractivity contribution is 7.92. The van der Waals surface area contributed by atoms with E-state index in [-0.39, 0.29) is 10.8 Å². The lowest BCUT2D eigenvalue weighted by Crippen LogP contribution is -2.28. The largest absolute Gasteiger partial charge is 0.308 e. The van der Waals surface area contributed by atoms with Crippen LogP contribution in [-0.4, -0.2) is 20.9 Å². The Morgan fingerprint density at radius 1 is 0.931 bits per heavy atom. The number of aryl methyl sites for hydroxylation is 2. The van der Waals surface area contributed by atoms with E-state index in [0.29, 0.717) is 17.8 Å². The van der Waals surface area contributed by atoms with Crippen molar-refractivity contribution in [3.8, 4) is 0 Å². The van der Waals surface area contributed by atoms with Gasteiger partial charge in [-0.1, -0.05) is 24.3 Å². The molecule has 1 amide bonds. The van der Waals surface area contributed by atoms with Gasteiger partial charge in [-0.25, -0.2) is 8.42 Å². The molecule has 3 aromatic carbocycles. The molecule has 0 aliphatic carbocycles. The van der Waals surface area contributed by atoms with Crippen LogP contribution in [0.5, 0.6) is 0 Å². The zero-order valence-electron chi connectivity index (χ0n) is 16.3. The molecule has 0 bridgehead atoms. The molecule has 1 aliphatic rings. The minimum Gasteiger partial charge on any atom is -0.308 e. The Balaban J connectivity index is 1.54. The Morgan fingerprint density at radius 2 is 1.66 bits per heavy atom. The number of amides is 1. The number of fused-ring (bicyclic) bond motifs is 1. The van der Waals surface area contributed by atoms with E-state index in [4.69, 9.17) is 0 Å². The van der Waals surface area contributed by atoms with Crippen LogP contribution in [-0.2, 0) is 16.4 Å². The lowest BCUT2D eigenvalue weighted by Gasteiger charge is -2.17. The van der Waals surface area contributed by atoms with Gasteiger partial charge in [0.1, 0.15) is 0 Å². The molecular weight excluding hydrogens is 384 g/mol. The van der Waals surface area contributed by atoms with Crippen LogP contribution in [0.2, 0.25) is 0 Å². The second-order valence-electron chi connectivity index (χ2n) is 7.26. The molecule has 1 heterocycles. The van der Waals surface area contributed by atoms with Gasteiger partial charge in [0.25, 0.3) is 15.9 Å². The summed E-state index contributed by atoms with van der Waals surface area (Å²) in [4.78, 5) is 14.8. The third-order valence-corrected chi connectivity index (χ3v) is 6.70. The normalized spacial score (nSPS) is 13.2. The topological polar surface area (TPSA) is 66.5 Å². The number of nitrogens with one attached hydrogen (secondary N) is 1. The van der Waals surface area contributed by atoms with E-state index < -0.39 is 10.0 Å².